The average molecular weight is 434 g/mol. The summed E-state index contributed by atoms with van der Waals surface area (Å²) in [6.45, 7) is 4.80. The van der Waals surface area contributed by atoms with Crippen LogP contribution in [0.5, 0.6) is 0 Å². The van der Waals surface area contributed by atoms with Crippen LogP contribution in [-0.2, 0) is 21.2 Å². The first-order chi connectivity index (χ1) is 13.9. The van der Waals surface area contributed by atoms with Gasteiger partial charge in [0.2, 0.25) is 0 Å². The van der Waals surface area contributed by atoms with Crippen LogP contribution in [0.2, 0.25) is 0 Å². The fourth-order valence-electron chi connectivity index (χ4n) is 3.09. The molecule has 30 heavy (non-hydrogen) atoms. The summed E-state index contributed by atoms with van der Waals surface area (Å²) in [7, 11) is -3.84. The molecule has 10 heteroatoms. The fourth-order valence-corrected chi connectivity index (χ4v) is 3.93. The highest BCUT2D eigenvalue weighted by molar-refractivity contribution is 7.92. The van der Waals surface area contributed by atoms with Crippen LogP contribution in [0, 0.1) is 36.5 Å². The van der Waals surface area contributed by atoms with Crippen molar-refractivity contribution in [3.05, 3.63) is 30.4 Å². The molecule has 2 N–H and O–H groups in total. The van der Waals surface area contributed by atoms with E-state index in [0.717, 1.165) is 6.26 Å². The Balaban J connectivity index is 1.65. The molecule has 2 heterocycles. The van der Waals surface area contributed by atoms with Crippen LogP contribution in [0.3, 0.4) is 0 Å². The summed E-state index contributed by atoms with van der Waals surface area (Å²) in [5.74, 6) is 9.28. The van der Waals surface area contributed by atoms with Crippen LogP contribution in [0.4, 0.5) is 9.18 Å². The molecule has 1 aliphatic carbocycles. The lowest BCUT2D eigenvalue weighted by atomic mass is 10.1. The third-order valence-corrected chi connectivity index (χ3v) is 7.54. The van der Waals surface area contributed by atoms with Crippen LogP contribution >= 0.6 is 0 Å². The molecule has 0 bridgehead atoms. The minimum Gasteiger partial charge on any atom is -0.318 e. The number of aromatic nitrogens is 1. The van der Waals surface area contributed by atoms with E-state index >= 15 is 0 Å². The predicted molar refractivity (Wildman–Crippen MR) is 105 cm³/mol. The van der Waals surface area contributed by atoms with Crippen LogP contribution in [-0.4, -0.2) is 58.2 Å². The number of hydroxylamine groups is 1. The highest BCUT2D eigenvalue weighted by atomic mass is 32.2. The molecule has 1 aromatic rings. The number of rotatable bonds is 5. The zero-order valence-electron chi connectivity index (χ0n) is 16.5. The molecule has 1 radical (unpaired) electrons. The standard InChI is InChI=1S/C20H21FN3O5S/c1-19(21)11-15(19)7-5-4-6-14-10-16-13-23(18(26)24(16)12-14)9-8-20(2,17(25)22-27)30(3,28)29/h10,12,15,27H,1,8-9,11,13H2,2-3H3,(H,22,25)/t15-,19+,20+/m0/s1. The first-order valence-electron chi connectivity index (χ1n) is 9.09. The second-order valence-electron chi connectivity index (χ2n) is 7.80. The minimum atomic E-state index is -3.84. The normalized spacial score (nSPS) is 24.1. The van der Waals surface area contributed by atoms with Gasteiger partial charge in [-0.2, -0.15) is 0 Å². The van der Waals surface area contributed by atoms with Crippen molar-refractivity contribution in [2.24, 2.45) is 5.92 Å². The Hall–Kier alpha value is -2.82. The van der Waals surface area contributed by atoms with E-state index in [4.69, 9.17) is 5.21 Å². The number of carbonyl (C=O) groups is 2. The number of fused-ring (bicyclic) bond motifs is 1. The lowest BCUT2D eigenvalue weighted by Crippen LogP contribution is -2.50. The molecule has 1 aliphatic heterocycles. The summed E-state index contributed by atoms with van der Waals surface area (Å²) in [6.07, 6.45) is 2.57. The van der Waals surface area contributed by atoms with E-state index in [1.807, 2.05) is 0 Å². The van der Waals surface area contributed by atoms with Gasteiger partial charge in [0.25, 0.3) is 5.91 Å². The van der Waals surface area contributed by atoms with E-state index < -0.39 is 26.2 Å². The third kappa shape index (κ3) is 4.07. The zero-order chi connectivity index (χ0) is 22.3. The van der Waals surface area contributed by atoms with E-state index in [1.54, 1.807) is 12.3 Å². The van der Waals surface area contributed by atoms with Gasteiger partial charge in [0.1, 0.15) is 5.67 Å². The first-order valence-corrected chi connectivity index (χ1v) is 11.0. The number of alkyl halides is 1. The largest absolute Gasteiger partial charge is 0.328 e. The van der Waals surface area contributed by atoms with E-state index in [9.17, 15) is 22.4 Å². The summed E-state index contributed by atoms with van der Waals surface area (Å²) in [5, 5.41) is 8.87. The molecule has 0 unspecified atom stereocenters. The molecule has 0 saturated heterocycles. The lowest BCUT2D eigenvalue weighted by molar-refractivity contribution is -0.131. The highest BCUT2D eigenvalue weighted by Crippen LogP contribution is 2.45. The number of hydrogen-bond acceptors (Lipinski definition) is 5. The Labute approximate surface area is 174 Å². The van der Waals surface area contributed by atoms with E-state index in [0.29, 0.717) is 17.7 Å². The first kappa shape index (κ1) is 21.9. The summed E-state index contributed by atoms with van der Waals surface area (Å²) in [4.78, 5) is 25.9. The van der Waals surface area contributed by atoms with Crippen molar-refractivity contribution < 1.29 is 27.6 Å². The summed E-state index contributed by atoms with van der Waals surface area (Å²) < 4.78 is 36.9. The SMILES string of the molecule is [CH2][C@@]1(F)C[C@@H]1C#CC#Cc1cc2n(c1)C(=O)N(CC[C@](C)(C(=O)NO)S(C)(=O)=O)C2. The van der Waals surface area contributed by atoms with Gasteiger partial charge in [-0.05, 0) is 44.6 Å². The number of halogens is 1. The maximum Gasteiger partial charge on any atom is 0.328 e. The number of nitrogens with one attached hydrogen (secondary N) is 1. The van der Waals surface area contributed by atoms with E-state index in [1.165, 1.54) is 21.9 Å². The molecule has 2 aliphatic rings. The number of carbonyl (C=O) groups excluding carboxylic acids is 2. The molecule has 2 amide bonds. The van der Waals surface area contributed by atoms with Crippen molar-refractivity contribution in [3.63, 3.8) is 0 Å². The number of amides is 2. The van der Waals surface area contributed by atoms with Gasteiger partial charge in [0.05, 0.1) is 12.5 Å². The molecule has 1 aromatic heterocycles. The number of sulfone groups is 1. The van der Waals surface area contributed by atoms with Gasteiger partial charge in [0, 0.05) is 30.3 Å². The molecular weight excluding hydrogens is 413 g/mol. The summed E-state index contributed by atoms with van der Waals surface area (Å²) in [5.41, 5.74) is 1.15. The maximum absolute atomic E-state index is 13.3. The quantitative estimate of drug-likeness (QED) is 0.406. The van der Waals surface area contributed by atoms with Gasteiger partial charge in [-0.3, -0.25) is 14.6 Å². The molecule has 3 atom stereocenters. The molecule has 1 saturated carbocycles. The van der Waals surface area contributed by atoms with E-state index in [-0.39, 0.29) is 31.5 Å². The van der Waals surface area contributed by atoms with Gasteiger partial charge in [-0.1, -0.05) is 11.8 Å². The van der Waals surface area contributed by atoms with Gasteiger partial charge >= 0.3 is 6.03 Å². The predicted octanol–water partition coefficient (Wildman–Crippen LogP) is 0.888. The Morgan fingerprint density at radius 3 is 2.70 bits per heavy atom. The fraction of sp³-hybridized carbons (Fsp3) is 0.450. The Morgan fingerprint density at radius 1 is 1.50 bits per heavy atom. The Bertz CT molecular complexity index is 1130. The van der Waals surface area contributed by atoms with Crippen molar-refractivity contribution in [1.82, 2.24) is 14.9 Å². The number of nitrogens with zero attached hydrogens (tertiary/aromatic N) is 2. The lowest BCUT2D eigenvalue weighted by Gasteiger charge is -2.27. The molecule has 8 nitrogen and oxygen atoms in total. The molecule has 3 rings (SSSR count). The van der Waals surface area contributed by atoms with Gasteiger partial charge < -0.3 is 4.90 Å². The topological polar surface area (TPSA) is 109 Å². The smallest absolute Gasteiger partial charge is 0.318 e. The zero-order valence-corrected chi connectivity index (χ0v) is 17.3. The molecule has 0 spiro atoms. The molecule has 1 fully saturated rings. The van der Waals surface area contributed by atoms with E-state index in [2.05, 4.69) is 30.6 Å². The minimum absolute atomic E-state index is 0.00140. The van der Waals surface area contributed by atoms with Gasteiger partial charge in [0.15, 0.2) is 14.6 Å². The number of hydrogen-bond donors (Lipinski definition) is 2. The molecule has 0 aromatic carbocycles. The van der Waals surface area contributed by atoms with Crippen molar-refractivity contribution in [1.29, 1.82) is 0 Å². The third-order valence-electron chi connectivity index (χ3n) is 5.51. The average Bonchev–Trinajstić information content (AvgIpc) is 2.97. The monoisotopic (exact) mass is 434 g/mol. The van der Waals surface area contributed by atoms with Crippen molar-refractivity contribution in [3.8, 4) is 23.7 Å². The second kappa shape index (κ2) is 7.46. The van der Waals surface area contributed by atoms with Gasteiger partial charge in [-0.15, -0.1) is 0 Å². The van der Waals surface area contributed by atoms with Crippen LogP contribution in [0.15, 0.2) is 12.3 Å². The van der Waals surface area contributed by atoms with Gasteiger partial charge in [-0.25, -0.2) is 23.1 Å². The van der Waals surface area contributed by atoms with Crippen LogP contribution < -0.4 is 5.48 Å². The summed E-state index contributed by atoms with van der Waals surface area (Å²) in [6, 6.07) is 1.34. The maximum atomic E-state index is 13.3. The second-order valence-corrected chi connectivity index (χ2v) is 10.2. The molecular formula is C20H21FN3O5S. The summed E-state index contributed by atoms with van der Waals surface area (Å²) >= 11 is 0. The van der Waals surface area contributed by atoms with Crippen LogP contribution in [0.25, 0.3) is 0 Å². The van der Waals surface area contributed by atoms with Crippen molar-refractivity contribution >= 4 is 21.8 Å². The Kier molecular flexibility index (Phi) is 5.44. The van der Waals surface area contributed by atoms with Crippen molar-refractivity contribution in [2.45, 2.75) is 36.7 Å². The molecule has 159 valence electrons. The Morgan fingerprint density at radius 2 is 2.17 bits per heavy atom. The van der Waals surface area contributed by atoms with Crippen LogP contribution in [0.1, 0.15) is 31.0 Å². The highest BCUT2D eigenvalue weighted by Gasteiger charge is 2.50. The van der Waals surface area contributed by atoms with Crippen molar-refractivity contribution in [2.75, 3.05) is 12.8 Å².